The molecule has 0 radical (unpaired) electrons. The van der Waals surface area contributed by atoms with Crippen molar-refractivity contribution in [1.29, 1.82) is 0 Å². The van der Waals surface area contributed by atoms with Crippen LogP contribution < -0.4 is 5.32 Å². The van der Waals surface area contributed by atoms with Crippen LogP contribution >= 0.6 is 0 Å². The number of carbonyl (C=O) groups is 1. The maximum Gasteiger partial charge on any atom is 0.251 e. The van der Waals surface area contributed by atoms with Crippen LogP contribution in [0.5, 0.6) is 0 Å². The van der Waals surface area contributed by atoms with E-state index in [0.717, 1.165) is 31.2 Å². The van der Waals surface area contributed by atoms with Gasteiger partial charge in [-0.3, -0.25) is 4.79 Å². The number of benzene rings is 1. The standard InChI is InChI=1S/C15H21NO3/c1-19-10-11-6-8-12(9-7-11)15(18)16-13-4-2-3-5-14(13)17/h6-9,13-14,17H,2-5,10H2,1H3,(H,16,18)/t13-,14-/m1/s1. The number of nitrogens with one attached hydrogen (secondary N) is 1. The second-order valence-electron chi connectivity index (χ2n) is 5.06. The molecule has 4 heteroatoms. The lowest BCUT2D eigenvalue weighted by molar-refractivity contribution is 0.0717. The van der Waals surface area contributed by atoms with Gasteiger partial charge in [0.1, 0.15) is 0 Å². The van der Waals surface area contributed by atoms with Gasteiger partial charge in [-0.15, -0.1) is 0 Å². The summed E-state index contributed by atoms with van der Waals surface area (Å²) in [6.45, 7) is 0.545. The predicted molar refractivity (Wildman–Crippen MR) is 72.9 cm³/mol. The summed E-state index contributed by atoms with van der Waals surface area (Å²) in [6.07, 6.45) is 3.32. The van der Waals surface area contributed by atoms with Gasteiger partial charge in [0.2, 0.25) is 0 Å². The van der Waals surface area contributed by atoms with E-state index in [1.807, 2.05) is 12.1 Å². The van der Waals surface area contributed by atoms with Crippen LogP contribution in [-0.4, -0.2) is 30.3 Å². The summed E-state index contributed by atoms with van der Waals surface area (Å²) in [6, 6.07) is 7.24. The van der Waals surface area contributed by atoms with Crippen molar-refractivity contribution in [2.75, 3.05) is 7.11 Å². The van der Waals surface area contributed by atoms with E-state index in [1.54, 1.807) is 19.2 Å². The molecule has 0 heterocycles. The Morgan fingerprint density at radius 2 is 2.00 bits per heavy atom. The number of carbonyl (C=O) groups excluding carboxylic acids is 1. The maximum atomic E-state index is 12.1. The summed E-state index contributed by atoms with van der Waals surface area (Å²) >= 11 is 0. The van der Waals surface area contributed by atoms with E-state index >= 15 is 0 Å². The Hall–Kier alpha value is -1.39. The topological polar surface area (TPSA) is 58.6 Å². The molecule has 1 saturated carbocycles. The van der Waals surface area contributed by atoms with E-state index in [2.05, 4.69) is 5.32 Å². The van der Waals surface area contributed by atoms with Crippen molar-refractivity contribution in [1.82, 2.24) is 5.32 Å². The monoisotopic (exact) mass is 263 g/mol. The van der Waals surface area contributed by atoms with E-state index in [4.69, 9.17) is 4.74 Å². The molecule has 1 amide bonds. The van der Waals surface area contributed by atoms with Crippen molar-refractivity contribution in [3.05, 3.63) is 35.4 Å². The number of rotatable bonds is 4. The Morgan fingerprint density at radius 1 is 1.32 bits per heavy atom. The van der Waals surface area contributed by atoms with Gasteiger partial charge in [-0.2, -0.15) is 0 Å². The Labute approximate surface area is 113 Å². The molecule has 2 N–H and O–H groups in total. The van der Waals surface area contributed by atoms with E-state index in [0.29, 0.717) is 12.2 Å². The summed E-state index contributed by atoms with van der Waals surface area (Å²) in [5.41, 5.74) is 1.66. The van der Waals surface area contributed by atoms with Crippen LogP contribution in [0.25, 0.3) is 0 Å². The fourth-order valence-electron chi connectivity index (χ4n) is 2.45. The average Bonchev–Trinajstić information content (AvgIpc) is 2.42. The molecule has 0 bridgehead atoms. The molecule has 2 rings (SSSR count). The highest BCUT2D eigenvalue weighted by molar-refractivity contribution is 5.94. The minimum atomic E-state index is -0.412. The summed E-state index contributed by atoms with van der Waals surface area (Å²) in [5, 5.41) is 12.8. The van der Waals surface area contributed by atoms with Gasteiger partial charge in [-0.25, -0.2) is 0 Å². The Balaban J connectivity index is 1.95. The van der Waals surface area contributed by atoms with Crippen molar-refractivity contribution in [3.8, 4) is 0 Å². The highest BCUT2D eigenvalue weighted by Gasteiger charge is 2.24. The third kappa shape index (κ3) is 3.78. The smallest absolute Gasteiger partial charge is 0.251 e. The predicted octanol–water partition coefficient (Wildman–Crippen LogP) is 1.87. The largest absolute Gasteiger partial charge is 0.391 e. The minimum absolute atomic E-state index is 0.111. The quantitative estimate of drug-likeness (QED) is 0.872. The Morgan fingerprint density at radius 3 is 2.63 bits per heavy atom. The second-order valence-corrected chi connectivity index (χ2v) is 5.06. The van der Waals surface area contributed by atoms with Crippen molar-refractivity contribution < 1.29 is 14.6 Å². The lowest BCUT2D eigenvalue weighted by Crippen LogP contribution is -2.45. The molecule has 1 fully saturated rings. The molecule has 1 aromatic carbocycles. The number of aliphatic hydroxyl groups is 1. The molecule has 0 aromatic heterocycles. The number of aliphatic hydroxyl groups excluding tert-OH is 1. The van der Waals surface area contributed by atoms with Crippen molar-refractivity contribution in [2.45, 2.75) is 44.4 Å². The second kappa shape index (κ2) is 6.68. The van der Waals surface area contributed by atoms with E-state index in [9.17, 15) is 9.90 Å². The van der Waals surface area contributed by atoms with Crippen LogP contribution in [0, 0.1) is 0 Å². The molecule has 0 aliphatic heterocycles. The third-order valence-electron chi connectivity index (χ3n) is 3.57. The van der Waals surface area contributed by atoms with Gasteiger partial charge in [0.05, 0.1) is 18.8 Å². The molecular weight excluding hydrogens is 242 g/mol. The first kappa shape index (κ1) is 14.0. The number of hydrogen-bond acceptors (Lipinski definition) is 3. The van der Waals surface area contributed by atoms with Gasteiger partial charge >= 0.3 is 0 Å². The van der Waals surface area contributed by atoms with Crippen LogP contribution in [0.1, 0.15) is 41.6 Å². The van der Waals surface area contributed by atoms with Gasteiger partial charge in [0.15, 0.2) is 0 Å². The SMILES string of the molecule is COCc1ccc(C(=O)N[C@@H]2CCCC[C@H]2O)cc1. The molecule has 104 valence electrons. The first-order valence-corrected chi connectivity index (χ1v) is 6.77. The molecule has 1 aliphatic rings. The molecule has 2 atom stereocenters. The zero-order valence-corrected chi connectivity index (χ0v) is 11.3. The Bertz CT molecular complexity index is 416. The molecule has 0 unspecified atom stereocenters. The van der Waals surface area contributed by atoms with Crippen LogP contribution in [0.15, 0.2) is 24.3 Å². The first-order valence-electron chi connectivity index (χ1n) is 6.77. The van der Waals surface area contributed by atoms with E-state index in [-0.39, 0.29) is 11.9 Å². The van der Waals surface area contributed by atoms with Crippen molar-refractivity contribution in [3.63, 3.8) is 0 Å². The van der Waals surface area contributed by atoms with Gasteiger partial charge in [-0.1, -0.05) is 25.0 Å². The average molecular weight is 263 g/mol. The van der Waals surface area contributed by atoms with Crippen LogP contribution in [-0.2, 0) is 11.3 Å². The van der Waals surface area contributed by atoms with Gasteiger partial charge in [0, 0.05) is 12.7 Å². The van der Waals surface area contributed by atoms with E-state index in [1.165, 1.54) is 0 Å². The molecule has 0 spiro atoms. The van der Waals surface area contributed by atoms with Gasteiger partial charge in [-0.05, 0) is 30.5 Å². The number of amides is 1. The fraction of sp³-hybridized carbons (Fsp3) is 0.533. The first-order chi connectivity index (χ1) is 9.20. The van der Waals surface area contributed by atoms with Crippen molar-refractivity contribution in [2.24, 2.45) is 0 Å². The number of hydrogen-bond donors (Lipinski definition) is 2. The lowest BCUT2D eigenvalue weighted by Gasteiger charge is -2.28. The van der Waals surface area contributed by atoms with Gasteiger partial charge in [0.25, 0.3) is 5.91 Å². The van der Waals surface area contributed by atoms with Crippen LogP contribution in [0.2, 0.25) is 0 Å². The fourth-order valence-corrected chi connectivity index (χ4v) is 2.45. The summed E-state index contributed by atoms with van der Waals surface area (Å²) in [5.74, 6) is -0.116. The summed E-state index contributed by atoms with van der Waals surface area (Å²) in [4.78, 5) is 12.1. The lowest BCUT2D eigenvalue weighted by atomic mass is 9.92. The minimum Gasteiger partial charge on any atom is -0.391 e. The number of ether oxygens (including phenoxy) is 1. The molecule has 4 nitrogen and oxygen atoms in total. The highest BCUT2D eigenvalue weighted by Crippen LogP contribution is 2.18. The Kier molecular flexibility index (Phi) is 4.93. The zero-order valence-electron chi connectivity index (χ0n) is 11.3. The number of methoxy groups -OCH3 is 1. The summed E-state index contributed by atoms with van der Waals surface area (Å²) in [7, 11) is 1.64. The highest BCUT2D eigenvalue weighted by atomic mass is 16.5. The molecule has 1 aromatic rings. The molecule has 19 heavy (non-hydrogen) atoms. The normalized spacial score (nSPS) is 23.1. The summed E-state index contributed by atoms with van der Waals surface area (Å²) < 4.78 is 5.03. The molecular formula is C15H21NO3. The van der Waals surface area contributed by atoms with Crippen LogP contribution in [0.4, 0.5) is 0 Å². The molecule has 0 saturated heterocycles. The van der Waals surface area contributed by atoms with E-state index < -0.39 is 6.10 Å². The zero-order chi connectivity index (χ0) is 13.7. The third-order valence-corrected chi connectivity index (χ3v) is 3.57. The maximum absolute atomic E-state index is 12.1. The molecule has 1 aliphatic carbocycles. The van der Waals surface area contributed by atoms with Gasteiger partial charge < -0.3 is 15.2 Å². The van der Waals surface area contributed by atoms with Crippen LogP contribution in [0.3, 0.4) is 0 Å². The van der Waals surface area contributed by atoms with Crippen molar-refractivity contribution >= 4 is 5.91 Å².